The third-order valence-corrected chi connectivity index (χ3v) is 2.49. The number of aromatic nitrogens is 2. The third kappa shape index (κ3) is 3.58. The van der Waals surface area contributed by atoms with Gasteiger partial charge in [-0.05, 0) is 20.8 Å². The molecule has 1 atom stereocenters. The second kappa shape index (κ2) is 5.57. The van der Waals surface area contributed by atoms with Gasteiger partial charge in [0.1, 0.15) is 6.04 Å². The Morgan fingerprint density at radius 1 is 1.63 bits per heavy atom. The summed E-state index contributed by atoms with van der Waals surface area (Å²) in [7, 11) is 0. The van der Waals surface area contributed by atoms with E-state index in [1.807, 2.05) is 20.8 Å². The molecule has 0 bridgehead atoms. The molecule has 1 aromatic rings. The summed E-state index contributed by atoms with van der Waals surface area (Å²) >= 11 is 0. The van der Waals surface area contributed by atoms with E-state index in [9.17, 15) is 9.59 Å². The van der Waals surface area contributed by atoms with Gasteiger partial charge < -0.3 is 15.0 Å². The highest BCUT2D eigenvalue weighted by Crippen LogP contribution is 2.11. The summed E-state index contributed by atoms with van der Waals surface area (Å²) in [6, 6.07) is -1.03. The van der Waals surface area contributed by atoms with Crippen LogP contribution in [0.4, 0.5) is 5.82 Å². The van der Waals surface area contributed by atoms with Crippen molar-refractivity contribution in [2.24, 2.45) is 0 Å². The van der Waals surface area contributed by atoms with Crippen LogP contribution in [-0.2, 0) is 10.3 Å². The molecule has 1 rings (SSSR count). The Labute approximate surface area is 111 Å². The smallest absolute Gasteiger partial charge is 0.327 e. The van der Waals surface area contributed by atoms with E-state index in [-0.39, 0.29) is 17.8 Å². The van der Waals surface area contributed by atoms with E-state index in [2.05, 4.69) is 16.2 Å². The highest BCUT2D eigenvalue weighted by Gasteiger charge is 2.21. The van der Waals surface area contributed by atoms with Crippen molar-refractivity contribution in [1.82, 2.24) is 9.55 Å². The number of nitrogens with zero attached hydrogens (tertiary/aromatic N) is 2. The fourth-order valence-electron chi connectivity index (χ4n) is 1.52. The van der Waals surface area contributed by atoms with Crippen molar-refractivity contribution < 1.29 is 9.90 Å². The van der Waals surface area contributed by atoms with Crippen molar-refractivity contribution >= 4 is 11.8 Å². The largest absolute Gasteiger partial charge is 0.480 e. The average molecular weight is 263 g/mol. The second-order valence-electron chi connectivity index (χ2n) is 5.07. The monoisotopic (exact) mass is 263 g/mol. The topological polar surface area (TPSA) is 84.2 Å². The quantitative estimate of drug-likeness (QED) is 0.788. The number of nitrogens with one attached hydrogen (secondary N) is 1. The van der Waals surface area contributed by atoms with Crippen LogP contribution < -0.4 is 10.9 Å². The van der Waals surface area contributed by atoms with Crippen molar-refractivity contribution in [1.29, 1.82) is 0 Å². The van der Waals surface area contributed by atoms with Crippen LogP contribution in [0.15, 0.2) is 17.2 Å². The number of carboxylic acid groups (broad SMARTS) is 1. The Kier molecular flexibility index (Phi) is 4.33. The molecule has 1 heterocycles. The molecule has 102 valence electrons. The number of hydrogen-bond acceptors (Lipinski definition) is 4. The van der Waals surface area contributed by atoms with Crippen LogP contribution in [0.25, 0.3) is 0 Å². The van der Waals surface area contributed by atoms with E-state index in [4.69, 9.17) is 11.5 Å². The molecule has 2 N–H and O–H groups in total. The SMILES string of the molecule is C#CCC(Nc1nccn(C(C)(C)C)c1=O)C(=O)O. The second-order valence-corrected chi connectivity index (χ2v) is 5.07. The Morgan fingerprint density at radius 3 is 2.74 bits per heavy atom. The van der Waals surface area contributed by atoms with E-state index in [1.165, 1.54) is 10.8 Å². The molecule has 0 saturated heterocycles. The van der Waals surface area contributed by atoms with Gasteiger partial charge in [-0.25, -0.2) is 9.78 Å². The molecule has 0 fully saturated rings. The number of anilines is 1. The van der Waals surface area contributed by atoms with Crippen molar-refractivity contribution in [2.45, 2.75) is 38.8 Å². The number of aliphatic carboxylic acids is 1. The molecule has 0 amide bonds. The van der Waals surface area contributed by atoms with Gasteiger partial charge in [0.25, 0.3) is 5.56 Å². The zero-order valence-corrected chi connectivity index (χ0v) is 11.2. The molecule has 1 aromatic heterocycles. The highest BCUT2D eigenvalue weighted by atomic mass is 16.4. The van der Waals surface area contributed by atoms with Crippen LogP contribution in [0.5, 0.6) is 0 Å². The molecule has 0 aliphatic carbocycles. The number of terminal acetylenes is 1. The molecule has 0 aliphatic heterocycles. The van der Waals surface area contributed by atoms with E-state index >= 15 is 0 Å². The first-order chi connectivity index (χ1) is 8.77. The Hall–Kier alpha value is -2.29. The van der Waals surface area contributed by atoms with Crippen molar-refractivity contribution in [2.75, 3.05) is 5.32 Å². The molecule has 0 saturated carbocycles. The summed E-state index contributed by atoms with van der Waals surface area (Å²) in [4.78, 5) is 27.0. The van der Waals surface area contributed by atoms with Gasteiger partial charge in [0, 0.05) is 24.4 Å². The van der Waals surface area contributed by atoms with Gasteiger partial charge in [-0.15, -0.1) is 12.3 Å². The lowest BCUT2D eigenvalue weighted by Gasteiger charge is -2.23. The summed E-state index contributed by atoms with van der Waals surface area (Å²) in [5.74, 6) is 1.12. The van der Waals surface area contributed by atoms with Gasteiger partial charge >= 0.3 is 5.97 Å². The molecule has 0 aliphatic rings. The number of rotatable bonds is 4. The lowest BCUT2D eigenvalue weighted by molar-refractivity contribution is -0.137. The van der Waals surface area contributed by atoms with E-state index < -0.39 is 17.6 Å². The molecule has 0 spiro atoms. The fraction of sp³-hybridized carbons (Fsp3) is 0.462. The van der Waals surface area contributed by atoms with E-state index in [0.29, 0.717) is 0 Å². The van der Waals surface area contributed by atoms with Gasteiger partial charge in [-0.1, -0.05) is 0 Å². The first-order valence-corrected chi connectivity index (χ1v) is 5.78. The predicted molar refractivity (Wildman–Crippen MR) is 72.0 cm³/mol. The van der Waals surface area contributed by atoms with Crippen LogP contribution in [0, 0.1) is 12.3 Å². The minimum Gasteiger partial charge on any atom is -0.480 e. The number of carboxylic acids is 1. The van der Waals surface area contributed by atoms with Crippen LogP contribution in [-0.4, -0.2) is 26.7 Å². The summed E-state index contributed by atoms with van der Waals surface area (Å²) in [6.07, 6.45) is 8.08. The lowest BCUT2D eigenvalue weighted by atomic mass is 10.1. The summed E-state index contributed by atoms with van der Waals surface area (Å²) in [5, 5.41) is 11.6. The first-order valence-electron chi connectivity index (χ1n) is 5.78. The Bertz CT molecular complexity index is 564. The van der Waals surface area contributed by atoms with Crippen LogP contribution >= 0.6 is 0 Å². The molecule has 6 nitrogen and oxygen atoms in total. The normalized spacial score (nSPS) is 12.5. The standard InChI is InChI=1S/C13H17N3O3/c1-5-6-9(12(18)19)15-10-11(17)16(8-7-14-10)13(2,3)4/h1,7-9H,6H2,2-4H3,(H,14,15)(H,18,19). The van der Waals surface area contributed by atoms with Crippen LogP contribution in [0.2, 0.25) is 0 Å². The van der Waals surface area contributed by atoms with Gasteiger partial charge in [-0.3, -0.25) is 4.79 Å². The minimum absolute atomic E-state index is 0.0138. The van der Waals surface area contributed by atoms with Crippen molar-refractivity contribution in [3.05, 3.63) is 22.7 Å². The maximum absolute atomic E-state index is 12.2. The third-order valence-electron chi connectivity index (χ3n) is 2.49. The minimum atomic E-state index is -1.12. The summed E-state index contributed by atoms with van der Waals surface area (Å²) < 4.78 is 1.48. The number of hydrogen-bond donors (Lipinski definition) is 2. The molecule has 19 heavy (non-hydrogen) atoms. The first kappa shape index (κ1) is 14.8. The molecule has 0 aromatic carbocycles. The highest BCUT2D eigenvalue weighted by molar-refractivity contribution is 5.77. The van der Waals surface area contributed by atoms with Crippen molar-refractivity contribution in [3.63, 3.8) is 0 Å². The van der Waals surface area contributed by atoms with Crippen LogP contribution in [0.3, 0.4) is 0 Å². The fourth-order valence-corrected chi connectivity index (χ4v) is 1.52. The maximum Gasteiger partial charge on any atom is 0.327 e. The molecular weight excluding hydrogens is 246 g/mol. The zero-order valence-electron chi connectivity index (χ0n) is 11.2. The Balaban J connectivity index is 3.13. The van der Waals surface area contributed by atoms with Gasteiger partial charge in [0.15, 0.2) is 5.82 Å². The lowest BCUT2D eigenvalue weighted by Crippen LogP contribution is -2.38. The van der Waals surface area contributed by atoms with Crippen LogP contribution in [0.1, 0.15) is 27.2 Å². The van der Waals surface area contributed by atoms with Crippen molar-refractivity contribution in [3.8, 4) is 12.3 Å². The predicted octanol–water partition coefficient (Wildman–Crippen LogP) is 0.887. The molecular formula is C13H17N3O3. The molecule has 1 unspecified atom stereocenters. The van der Waals surface area contributed by atoms with Gasteiger partial charge in [-0.2, -0.15) is 0 Å². The summed E-state index contributed by atoms with van der Waals surface area (Å²) in [6.45, 7) is 5.61. The maximum atomic E-state index is 12.2. The molecule has 6 heteroatoms. The van der Waals surface area contributed by atoms with Gasteiger partial charge in [0.2, 0.25) is 0 Å². The Morgan fingerprint density at radius 2 is 2.26 bits per heavy atom. The molecule has 0 radical (unpaired) electrons. The van der Waals surface area contributed by atoms with E-state index in [1.54, 1.807) is 6.20 Å². The van der Waals surface area contributed by atoms with E-state index in [0.717, 1.165) is 0 Å². The van der Waals surface area contributed by atoms with Gasteiger partial charge in [0.05, 0.1) is 0 Å². The zero-order chi connectivity index (χ0) is 14.6. The summed E-state index contributed by atoms with van der Waals surface area (Å²) in [5.41, 5.74) is -0.792. The number of carbonyl (C=O) groups is 1. The average Bonchev–Trinajstić information content (AvgIpc) is 2.29.